The number of anilines is 1. The van der Waals surface area contributed by atoms with E-state index in [1.807, 2.05) is 44.1 Å². The Morgan fingerprint density at radius 1 is 0.700 bits per heavy atom. The minimum atomic E-state index is -0.567. The van der Waals surface area contributed by atoms with Gasteiger partial charge in [0.15, 0.2) is 5.78 Å². The van der Waals surface area contributed by atoms with E-state index in [1.54, 1.807) is 54.6 Å². The van der Waals surface area contributed by atoms with Crippen LogP contribution in [-0.4, -0.2) is 31.7 Å². The van der Waals surface area contributed by atoms with Crippen LogP contribution in [0.1, 0.15) is 42.2 Å². The molecule has 0 saturated carbocycles. The maximum Gasteiger partial charge on any atom is 0.270 e. The number of carbonyl (C=O) groups excluding carboxylic acids is 3. The minimum absolute atomic E-state index is 0.186. The number of amides is 2. The molecule has 6 heteroatoms. The van der Waals surface area contributed by atoms with E-state index in [0.29, 0.717) is 11.1 Å². The lowest BCUT2D eigenvalue weighted by molar-refractivity contribution is 0.0845. The Morgan fingerprint density at radius 2 is 1.33 bits per heavy atom. The Hall–Kier alpha value is -3.93. The van der Waals surface area contributed by atoms with E-state index < -0.39 is 11.8 Å². The lowest BCUT2D eigenvalue weighted by atomic mass is 9.97. The van der Waals surface area contributed by atoms with Gasteiger partial charge in [-0.15, -0.1) is 0 Å². The molecule has 152 valence electrons. The molecule has 0 radical (unpaired) electrons. The fraction of sp³-hybridized carbons (Fsp3) is 0.125. The summed E-state index contributed by atoms with van der Waals surface area (Å²) in [6.45, 7) is 1.94. The molecular formula is C24H23N3O3. The van der Waals surface area contributed by atoms with Crippen LogP contribution in [-0.2, 0) is 0 Å². The van der Waals surface area contributed by atoms with Crippen molar-refractivity contribution in [2.45, 2.75) is 6.92 Å². The molecule has 2 N–H and O–H groups in total. The maximum absolute atomic E-state index is 12.9. The van der Waals surface area contributed by atoms with Gasteiger partial charge in [-0.25, -0.2) is 0 Å². The van der Waals surface area contributed by atoms with Crippen molar-refractivity contribution in [3.05, 3.63) is 101 Å². The monoisotopic (exact) mass is 401 g/mol. The van der Waals surface area contributed by atoms with Crippen molar-refractivity contribution in [2.75, 3.05) is 19.0 Å². The molecule has 0 aliphatic rings. The van der Waals surface area contributed by atoms with Crippen LogP contribution in [0, 0.1) is 6.92 Å². The molecule has 0 fully saturated rings. The van der Waals surface area contributed by atoms with E-state index in [0.717, 1.165) is 11.3 Å². The maximum atomic E-state index is 12.9. The van der Waals surface area contributed by atoms with Crippen LogP contribution in [0.25, 0.3) is 0 Å². The van der Waals surface area contributed by atoms with Crippen LogP contribution in [0.2, 0.25) is 0 Å². The lowest BCUT2D eigenvalue weighted by Crippen LogP contribution is -2.42. The molecule has 3 rings (SSSR count). The van der Waals surface area contributed by atoms with Crippen molar-refractivity contribution in [3.63, 3.8) is 0 Å². The number of rotatable bonds is 5. The minimum Gasteiger partial charge on any atom is -0.378 e. The van der Waals surface area contributed by atoms with Gasteiger partial charge in [-0.2, -0.15) is 0 Å². The molecule has 0 atom stereocenters. The van der Waals surface area contributed by atoms with Crippen LogP contribution < -0.4 is 15.8 Å². The molecule has 30 heavy (non-hydrogen) atoms. The van der Waals surface area contributed by atoms with Gasteiger partial charge in [0, 0.05) is 36.5 Å². The normalized spacial score (nSPS) is 10.2. The van der Waals surface area contributed by atoms with Gasteiger partial charge < -0.3 is 4.90 Å². The van der Waals surface area contributed by atoms with Gasteiger partial charge in [0.2, 0.25) is 0 Å². The number of benzene rings is 3. The van der Waals surface area contributed by atoms with E-state index >= 15 is 0 Å². The zero-order valence-electron chi connectivity index (χ0n) is 17.1. The third-order valence-electron chi connectivity index (χ3n) is 4.64. The summed E-state index contributed by atoms with van der Waals surface area (Å²) in [4.78, 5) is 39.8. The van der Waals surface area contributed by atoms with Crippen LogP contribution >= 0.6 is 0 Å². The van der Waals surface area contributed by atoms with Crippen LogP contribution in [0.3, 0.4) is 0 Å². The third kappa shape index (κ3) is 4.72. The smallest absolute Gasteiger partial charge is 0.270 e. The molecule has 0 aliphatic carbocycles. The number of hydrogen-bond acceptors (Lipinski definition) is 4. The zero-order chi connectivity index (χ0) is 21.7. The number of hydrazine groups is 1. The molecule has 3 aromatic carbocycles. The average molecular weight is 401 g/mol. The first kappa shape index (κ1) is 20.8. The summed E-state index contributed by atoms with van der Waals surface area (Å²) < 4.78 is 0. The van der Waals surface area contributed by atoms with Gasteiger partial charge in [-0.05, 0) is 31.2 Å². The number of carbonyl (C=O) groups is 3. The van der Waals surface area contributed by atoms with Crippen molar-refractivity contribution < 1.29 is 14.4 Å². The standard InChI is InChI=1S/C24H23N3O3/c1-16-11-13-17(14-12-16)22(28)20-9-4-5-10-21(20)24(30)26-25-23(29)18-7-6-8-19(15-18)27(2)3/h4-15H,1-3H3,(H,25,29)(H,26,30). The van der Waals surface area contributed by atoms with E-state index in [-0.39, 0.29) is 16.9 Å². The topological polar surface area (TPSA) is 78.5 Å². The highest BCUT2D eigenvalue weighted by Crippen LogP contribution is 2.16. The van der Waals surface area contributed by atoms with E-state index in [1.165, 1.54) is 0 Å². The zero-order valence-corrected chi connectivity index (χ0v) is 17.1. The first-order valence-electron chi connectivity index (χ1n) is 9.45. The molecule has 0 aliphatic heterocycles. The summed E-state index contributed by atoms with van der Waals surface area (Å²) in [5.41, 5.74) is 8.06. The highest BCUT2D eigenvalue weighted by atomic mass is 16.2. The summed E-state index contributed by atoms with van der Waals surface area (Å²) in [5.74, 6) is -1.27. The fourth-order valence-electron chi connectivity index (χ4n) is 2.92. The highest BCUT2D eigenvalue weighted by Gasteiger charge is 2.18. The van der Waals surface area contributed by atoms with Crippen molar-refractivity contribution in [2.24, 2.45) is 0 Å². The van der Waals surface area contributed by atoms with Crippen LogP contribution in [0.4, 0.5) is 5.69 Å². The van der Waals surface area contributed by atoms with Gasteiger partial charge >= 0.3 is 0 Å². The second-order valence-corrected chi connectivity index (χ2v) is 7.09. The summed E-state index contributed by atoms with van der Waals surface area (Å²) in [7, 11) is 3.75. The van der Waals surface area contributed by atoms with Gasteiger partial charge in [-0.1, -0.05) is 54.1 Å². The number of nitrogens with one attached hydrogen (secondary N) is 2. The van der Waals surface area contributed by atoms with Crippen molar-refractivity contribution in [1.29, 1.82) is 0 Å². The molecule has 2 amide bonds. The average Bonchev–Trinajstić information content (AvgIpc) is 2.77. The van der Waals surface area contributed by atoms with Gasteiger partial charge in [0.25, 0.3) is 11.8 Å². The predicted molar refractivity (Wildman–Crippen MR) is 117 cm³/mol. The molecule has 0 bridgehead atoms. The Kier molecular flexibility index (Phi) is 6.27. The first-order valence-corrected chi connectivity index (χ1v) is 9.45. The quantitative estimate of drug-likeness (QED) is 0.508. The molecule has 0 unspecified atom stereocenters. The van der Waals surface area contributed by atoms with Gasteiger partial charge in [-0.3, -0.25) is 25.2 Å². The Labute approximate surface area is 175 Å². The molecule has 6 nitrogen and oxygen atoms in total. The summed E-state index contributed by atoms with van der Waals surface area (Å²) in [6, 6.07) is 20.7. The van der Waals surface area contributed by atoms with Crippen LogP contribution in [0.5, 0.6) is 0 Å². The number of nitrogens with zero attached hydrogens (tertiary/aromatic N) is 1. The lowest BCUT2D eigenvalue weighted by Gasteiger charge is -2.14. The van der Waals surface area contributed by atoms with Gasteiger partial charge in [0.1, 0.15) is 0 Å². The second kappa shape index (κ2) is 9.05. The van der Waals surface area contributed by atoms with E-state index in [9.17, 15) is 14.4 Å². The van der Waals surface area contributed by atoms with E-state index in [2.05, 4.69) is 10.9 Å². The Bertz CT molecular complexity index is 1090. The van der Waals surface area contributed by atoms with E-state index in [4.69, 9.17) is 0 Å². The van der Waals surface area contributed by atoms with Crippen molar-refractivity contribution in [1.82, 2.24) is 10.9 Å². The number of ketones is 1. The molecule has 0 saturated heterocycles. The number of hydrogen-bond donors (Lipinski definition) is 2. The summed E-state index contributed by atoms with van der Waals surface area (Å²) in [6.07, 6.45) is 0. The van der Waals surface area contributed by atoms with Gasteiger partial charge in [0.05, 0.1) is 5.56 Å². The Balaban J connectivity index is 1.75. The molecule has 0 spiro atoms. The molecular weight excluding hydrogens is 378 g/mol. The SMILES string of the molecule is Cc1ccc(C(=O)c2ccccc2C(=O)NNC(=O)c2cccc(N(C)C)c2)cc1. The number of aryl methyl sites for hydroxylation is 1. The summed E-state index contributed by atoms with van der Waals surface area (Å²) in [5, 5.41) is 0. The van der Waals surface area contributed by atoms with Crippen molar-refractivity contribution >= 4 is 23.3 Å². The first-order chi connectivity index (χ1) is 14.4. The predicted octanol–water partition coefficient (Wildman–Crippen LogP) is 3.37. The highest BCUT2D eigenvalue weighted by molar-refractivity contribution is 6.15. The molecule has 3 aromatic rings. The second-order valence-electron chi connectivity index (χ2n) is 7.09. The third-order valence-corrected chi connectivity index (χ3v) is 4.64. The largest absolute Gasteiger partial charge is 0.378 e. The Morgan fingerprint density at radius 3 is 2.00 bits per heavy atom. The molecule has 0 aromatic heterocycles. The van der Waals surface area contributed by atoms with Crippen LogP contribution in [0.15, 0.2) is 72.8 Å². The fourth-order valence-corrected chi connectivity index (χ4v) is 2.92. The molecule has 0 heterocycles. The summed E-state index contributed by atoms with van der Waals surface area (Å²) >= 11 is 0. The van der Waals surface area contributed by atoms with Crippen molar-refractivity contribution in [3.8, 4) is 0 Å².